The van der Waals surface area contributed by atoms with Crippen LogP contribution in [0.25, 0.3) is 0 Å². The Balaban J connectivity index is 2.18. The predicted molar refractivity (Wildman–Crippen MR) is 77.9 cm³/mol. The van der Waals surface area contributed by atoms with Crippen LogP contribution in [0.1, 0.15) is 31.7 Å². The highest BCUT2D eigenvalue weighted by molar-refractivity contribution is 6.30. The van der Waals surface area contributed by atoms with Gasteiger partial charge in [-0.15, -0.1) is 0 Å². The average Bonchev–Trinajstić information content (AvgIpc) is 2.42. The van der Waals surface area contributed by atoms with Gasteiger partial charge in [0.05, 0.1) is 6.61 Å². The molecule has 0 saturated carbocycles. The van der Waals surface area contributed by atoms with Gasteiger partial charge in [0.1, 0.15) is 17.3 Å². The highest BCUT2D eigenvalue weighted by Gasteiger charge is 2.23. The van der Waals surface area contributed by atoms with Crippen molar-refractivity contribution in [1.82, 2.24) is 9.97 Å². The SMILES string of the molecule is CCCc1c(Cl)ncnc1N1CCCC(COC)C1. The van der Waals surface area contributed by atoms with Gasteiger partial charge in [-0.2, -0.15) is 0 Å². The highest BCUT2D eigenvalue weighted by atomic mass is 35.5. The van der Waals surface area contributed by atoms with E-state index in [1.54, 1.807) is 13.4 Å². The Kier molecular flexibility index (Phi) is 5.40. The molecule has 4 nitrogen and oxygen atoms in total. The van der Waals surface area contributed by atoms with Crippen molar-refractivity contribution in [2.75, 3.05) is 31.7 Å². The van der Waals surface area contributed by atoms with E-state index in [1.807, 2.05) is 0 Å². The minimum absolute atomic E-state index is 0.585. The number of aromatic nitrogens is 2. The Bertz CT molecular complexity index is 412. The van der Waals surface area contributed by atoms with Crippen molar-refractivity contribution in [2.24, 2.45) is 5.92 Å². The molecule has 1 aromatic rings. The second-order valence-corrected chi connectivity index (χ2v) is 5.48. The van der Waals surface area contributed by atoms with Crippen molar-refractivity contribution in [2.45, 2.75) is 32.6 Å². The fraction of sp³-hybridized carbons (Fsp3) is 0.714. The van der Waals surface area contributed by atoms with Gasteiger partial charge in [0.15, 0.2) is 0 Å². The van der Waals surface area contributed by atoms with Crippen LogP contribution in [0.4, 0.5) is 5.82 Å². The van der Waals surface area contributed by atoms with Gasteiger partial charge in [0, 0.05) is 25.8 Å². The lowest BCUT2D eigenvalue weighted by Crippen LogP contribution is -2.38. The molecule has 106 valence electrons. The number of ether oxygens (including phenoxy) is 1. The first-order valence-electron chi connectivity index (χ1n) is 6.99. The average molecular weight is 284 g/mol. The van der Waals surface area contributed by atoms with E-state index in [-0.39, 0.29) is 0 Å². The second kappa shape index (κ2) is 7.06. The molecule has 2 rings (SSSR count). The summed E-state index contributed by atoms with van der Waals surface area (Å²) in [6.45, 7) is 5.01. The fourth-order valence-corrected chi connectivity index (χ4v) is 2.97. The maximum absolute atomic E-state index is 6.22. The molecule has 0 aliphatic carbocycles. The quantitative estimate of drug-likeness (QED) is 0.779. The molecule has 0 N–H and O–H groups in total. The molecule has 1 atom stereocenters. The van der Waals surface area contributed by atoms with E-state index in [9.17, 15) is 0 Å². The first-order chi connectivity index (χ1) is 9.26. The zero-order valence-corrected chi connectivity index (χ0v) is 12.5. The number of halogens is 1. The van der Waals surface area contributed by atoms with Crippen molar-refractivity contribution in [3.05, 3.63) is 17.0 Å². The lowest BCUT2D eigenvalue weighted by molar-refractivity contribution is 0.143. The summed E-state index contributed by atoms with van der Waals surface area (Å²) in [4.78, 5) is 10.9. The van der Waals surface area contributed by atoms with E-state index < -0.39 is 0 Å². The maximum atomic E-state index is 6.22. The molecule has 0 aromatic carbocycles. The molecule has 1 aliphatic rings. The smallest absolute Gasteiger partial charge is 0.137 e. The van der Waals surface area contributed by atoms with Crippen LogP contribution in [-0.4, -0.2) is 36.8 Å². The number of rotatable bonds is 5. The summed E-state index contributed by atoms with van der Waals surface area (Å²) in [7, 11) is 1.77. The van der Waals surface area contributed by atoms with Crippen LogP contribution < -0.4 is 4.90 Å². The van der Waals surface area contributed by atoms with E-state index in [2.05, 4.69) is 21.8 Å². The van der Waals surface area contributed by atoms with Gasteiger partial charge in [-0.05, 0) is 25.2 Å². The van der Waals surface area contributed by atoms with Gasteiger partial charge in [-0.25, -0.2) is 9.97 Å². The summed E-state index contributed by atoms with van der Waals surface area (Å²) in [6, 6.07) is 0. The number of hydrogen-bond acceptors (Lipinski definition) is 4. The van der Waals surface area contributed by atoms with Gasteiger partial charge < -0.3 is 9.64 Å². The van der Waals surface area contributed by atoms with Crippen molar-refractivity contribution in [3.8, 4) is 0 Å². The molecule has 0 radical (unpaired) electrons. The fourth-order valence-electron chi connectivity index (χ4n) is 2.75. The molecule has 1 aromatic heterocycles. The third-order valence-electron chi connectivity index (χ3n) is 3.59. The second-order valence-electron chi connectivity index (χ2n) is 5.13. The summed E-state index contributed by atoms with van der Waals surface area (Å²) in [6.07, 6.45) is 5.96. The van der Waals surface area contributed by atoms with Crippen LogP contribution in [0.2, 0.25) is 5.15 Å². The Morgan fingerprint density at radius 3 is 3.05 bits per heavy atom. The van der Waals surface area contributed by atoms with Crippen LogP contribution in [0.3, 0.4) is 0 Å². The van der Waals surface area contributed by atoms with E-state index in [0.29, 0.717) is 11.1 Å². The molecule has 1 aliphatic heterocycles. The van der Waals surface area contributed by atoms with Gasteiger partial charge >= 0.3 is 0 Å². The minimum atomic E-state index is 0.585. The molecule has 1 fully saturated rings. The van der Waals surface area contributed by atoms with Gasteiger partial charge in [0.2, 0.25) is 0 Å². The summed E-state index contributed by atoms with van der Waals surface area (Å²) < 4.78 is 5.28. The molecular weight excluding hydrogens is 262 g/mol. The zero-order chi connectivity index (χ0) is 13.7. The Hall–Kier alpha value is -0.870. The van der Waals surface area contributed by atoms with Crippen molar-refractivity contribution < 1.29 is 4.74 Å². The maximum Gasteiger partial charge on any atom is 0.137 e. The van der Waals surface area contributed by atoms with Crippen LogP contribution in [0, 0.1) is 5.92 Å². The minimum Gasteiger partial charge on any atom is -0.384 e. The summed E-state index contributed by atoms with van der Waals surface area (Å²) in [5.74, 6) is 1.60. The van der Waals surface area contributed by atoms with Crippen molar-refractivity contribution in [1.29, 1.82) is 0 Å². The molecule has 0 bridgehead atoms. The van der Waals surface area contributed by atoms with Crippen molar-refractivity contribution >= 4 is 17.4 Å². The molecule has 19 heavy (non-hydrogen) atoms. The summed E-state index contributed by atoms with van der Waals surface area (Å²) in [5.41, 5.74) is 1.09. The third kappa shape index (κ3) is 3.57. The Morgan fingerprint density at radius 1 is 1.47 bits per heavy atom. The molecule has 1 unspecified atom stereocenters. The van der Waals surface area contributed by atoms with Gasteiger partial charge in [-0.1, -0.05) is 24.9 Å². The lowest BCUT2D eigenvalue weighted by Gasteiger charge is -2.34. The number of piperidine rings is 1. The molecule has 2 heterocycles. The standard InChI is InChI=1S/C14H22ClN3O/c1-3-5-12-13(15)16-10-17-14(12)18-7-4-6-11(8-18)9-19-2/h10-11H,3-9H2,1-2H3. The number of nitrogens with zero attached hydrogens (tertiary/aromatic N) is 3. The van der Waals surface area contributed by atoms with Crippen LogP contribution in [0.15, 0.2) is 6.33 Å². The van der Waals surface area contributed by atoms with E-state index >= 15 is 0 Å². The third-order valence-corrected chi connectivity index (χ3v) is 3.92. The number of anilines is 1. The van der Waals surface area contributed by atoms with E-state index in [4.69, 9.17) is 16.3 Å². The zero-order valence-electron chi connectivity index (χ0n) is 11.7. The molecule has 0 spiro atoms. The van der Waals surface area contributed by atoms with Crippen LogP contribution in [-0.2, 0) is 11.2 Å². The molecule has 5 heteroatoms. The van der Waals surface area contributed by atoms with Crippen LogP contribution >= 0.6 is 11.6 Å². The lowest BCUT2D eigenvalue weighted by atomic mass is 9.98. The highest BCUT2D eigenvalue weighted by Crippen LogP contribution is 2.28. The Morgan fingerprint density at radius 2 is 2.32 bits per heavy atom. The van der Waals surface area contributed by atoms with Crippen molar-refractivity contribution in [3.63, 3.8) is 0 Å². The topological polar surface area (TPSA) is 38.2 Å². The molecule has 1 saturated heterocycles. The number of methoxy groups -OCH3 is 1. The predicted octanol–water partition coefficient (Wildman–Crippen LogP) is 2.95. The summed E-state index contributed by atoms with van der Waals surface area (Å²) in [5, 5.41) is 0.598. The monoisotopic (exact) mass is 283 g/mol. The largest absolute Gasteiger partial charge is 0.384 e. The van der Waals surface area contributed by atoms with Gasteiger partial charge in [-0.3, -0.25) is 0 Å². The number of hydrogen-bond donors (Lipinski definition) is 0. The first kappa shape index (κ1) is 14.5. The van der Waals surface area contributed by atoms with Gasteiger partial charge in [0.25, 0.3) is 0 Å². The molecule has 0 amide bonds. The Labute approximate surface area is 120 Å². The summed E-state index contributed by atoms with van der Waals surface area (Å²) >= 11 is 6.22. The normalized spacial score (nSPS) is 19.7. The molecular formula is C14H22ClN3O. The first-order valence-corrected chi connectivity index (χ1v) is 7.37. The van der Waals surface area contributed by atoms with Crippen LogP contribution in [0.5, 0.6) is 0 Å². The van der Waals surface area contributed by atoms with E-state index in [0.717, 1.165) is 43.9 Å². The van der Waals surface area contributed by atoms with E-state index in [1.165, 1.54) is 12.8 Å².